The molecule has 0 aromatic heterocycles. The van der Waals surface area contributed by atoms with E-state index < -0.39 is 46.3 Å². The molecule has 1 heterocycles. The van der Waals surface area contributed by atoms with E-state index in [-0.39, 0.29) is 16.1 Å². The molecule has 4 rings (SSSR count). The number of halogens is 2. The van der Waals surface area contributed by atoms with Crippen molar-refractivity contribution < 1.29 is 31.5 Å². The van der Waals surface area contributed by atoms with Gasteiger partial charge in [0.1, 0.15) is 22.7 Å². The topological polar surface area (TPSA) is 114 Å². The van der Waals surface area contributed by atoms with Gasteiger partial charge in [-0.05, 0) is 42.0 Å². The van der Waals surface area contributed by atoms with E-state index in [0.29, 0.717) is 11.3 Å². The molecule has 8 nitrogen and oxygen atoms in total. The number of hydrogen-bond donors (Lipinski definition) is 3. The third-order valence-electron chi connectivity index (χ3n) is 4.77. The average molecular weight is 473 g/mol. The smallest absolute Gasteiger partial charge is 0.338 e. The Hall–Kier alpha value is -3.83. The number of rotatable bonds is 5. The van der Waals surface area contributed by atoms with Crippen molar-refractivity contribution in [3.05, 3.63) is 89.5 Å². The second-order valence-corrected chi connectivity index (χ2v) is 8.75. The number of carbonyl (C=O) groups excluding carboxylic acids is 2. The van der Waals surface area contributed by atoms with Gasteiger partial charge >= 0.3 is 5.97 Å². The van der Waals surface area contributed by atoms with Gasteiger partial charge in [0.2, 0.25) is 10.0 Å². The maximum absolute atomic E-state index is 13.6. The minimum Gasteiger partial charge on any atom is -0.452 e. The minimum atomic E-state index is -3.71. The summed E-state index contributed by atoms with van der Waals surface area (Å²) in [5, 5.41) is 5.19. The SMILES string of the molecule is O=C(COC(=O)c1ccc([C@@H]2Nc3ccccc3S(=O)(=O)N2)cc1)Nc1cc(F)ccc1F. The molecule has 0 bridgehead atoms. The van der Waals surface area contributed by atoms with Gasteiger partial charge in [0.25, 0.3) is 5.91 Å². The number of carbonyl (C=O) groups is 2. The number of amides is 1. The highest BCUT2D eigenvalue weighted by molar-refractivity contribution is 7.89. The first-order chi connectivity index (χ1) is 15.7. The van der Waals surface area contributed by atoms with E-state index in [1.54, 1.807) is 18.2 Å². The number of para-hydroxylation sites is 1. The largest absolute Gasteiger partial charge is 0.452 e. The molecular formula is C22H17F2N3O5S. The lowest BCUT2D eigenvalue weighted by molar-refractivity contribution is -0.119. The van der Waals surface area contributed by atoms with Crippen LogP contribution in [0, 0.1) is 11.6 Å². The molecule has 0 unspecified atom stereocenters. The molecule has 0 aliphatic carbocycles. The second kappa shape index (κ2) is 8.96. The van der Waals surface area contributed by atoms with Crippen LogP contribution in [0.25, 0.3) is 0 Å². The molecule has 0 spiro atoms. The molecule has 170 valence electrons. The van der Waals surface area contributed by atoms with Crippen molar-refractivity contribution in [3.8, 4) is 0 Å². The lowest BCUT2D eigenvalue weighted by atomic mass is 10.1. The van der Waals surface area contributed by atoms with Crippen molar-refractivity contribution in [2.75, 3.05) is 17.2 Å². The molecule has 0 saturated heterocycles. The summed E-state index contributed by atoms with van der Waals surface area (Å²) in [6.45, 7) is -0.711. The molecule has 1 amide bonds. The van der Waals surface area contributed by atoms with Crippen molar-refractivity contribution in [2.24, 2.45) is 0 Å². The summed E-state index contributed by atoms with van der Waals surface area (Å²) in [7, 11) is -3.71. The molecule has 3 N–H and O–H groups in total. The average Bonchev–Trinajstić information content (AvgIpc) is 2.79. The molecule has 3 aromatic rings. The maximum atomic E-state index is 13.6. The van der Waals surface area contributed by atoms with E-state index in [1.165, 1.54) is 30.3 Å². The molecule has 0 saturated carbocycles. The quantitative estimate of drug-likeness (QED) is 0.491. The zero-order valence-corrected chi connectivity index (χ0v) is 17.7. The van der Waals surface area contributed by atoms with Crippen LogP contribution >= 0.6 is 0 Å². The molecule has 1 aliphatic heterocycles. The Kier molecular flexibility index (Phi) is 6.07. The zero-order chi connectivity index (χ0) is 23.6. The lowest BCUT2D eigenvalue weighted by Gasteiger charge is -2.28. The lowest BCUT2D eigenvalue weighted by Crippen LogP contribution is -2.38. The van der Waals surface area contributed by atoms with E-state index in [2.05, 4.69) is 15.4 Å². The number of anilines is 2. The van der Waals surface area contributed by atoms with Gasteiger partial charge < -0.3 is 15.4 Å². The number of nitrogens with one attached hydrogen (secondary N) is 3. The molecule has 33 heavy (non-hydrogen) atoms. The van der Waals surface area contributed by atoms with Crippen LogP contribution in [0.15, 0.2) is 71.6 Å². The van der Waals surface area contributed by atoms with Crippen molar-refractivity contribution in [2.45, 2.75) is 11.1 Å². The monoisotopic (exact) mass is 473 g/mol. The third kappa shape index (κ3) is 4.99. The second-order valence-electron chi connectivity index (χ2n) is 7.07. The molecule has 1 atom stereocenters. The highest BCUT2D eigenvalue weighted by atomic mass is 32.2. The van der Waals surface area contributed by atoms with Crippen LogP contribution in [-0.2, 0) is 19.6 Å². The first-order valence-electron chi connectivity index (χ1n) is 9.63. The summed E-state index contributed by atoms with van der Waals surface area (Å²) in [5.74, 6) is -3.23. The number of hydrogen-bond acceptors (Lipinski definition) is 6. The number of fused-ring (bicyclic) bond motifs is 1. The molecular weight excluding hydrogens is 456 g/mol. The van der Waals surface area contributed by atoms with Crippen LogP contribution in [0.2, 0.25) is 0 Å². The van der Waals surface area contributed by atoms with Gasteiger partial charge in [-0.1, -0.05) is 24.3 Å². The highest BCUT2D eigenvalue weighted by Gasteiger charge is 2.29. The maximum Gasteiger partial charge on any atom is 0.338 e. The van der Waals surface area contributed by atoms with Gasteiger partial charge in [0.15, 0.2) is 6.61 Å². The predicted molar refractivity (Wildman–Crippen MR) is 115 cm³/mol. The Morgan fingerprint density at radius 1 is 1.00 bits per heavy atom. The fraction of sp³-hybridized carbons (Fsp3) is 0.0909. The fourth-order valence-corrected chi connectivity index (χ4v) is 4.49. The van der Waals surface area contributed by atoms with E-state index in [9.17, 15) is 26.8 Å². The van der Waals surface area contributed by atoms with E-state index in [4.69, 9.17) is 4.74 Å². The van der Waals surface area contributed by atoms with Gasteiger partial charge in [0, 0.05) is 6.07 Å². The Bertz CT molecular complexity index is 1330. The number of sulfonamides is 1. The third-order valence-corrected chi connectivity index (χ3v) is 6.25. The highest BCUT2D eigenvalue weighted by Crippen LogP contribution is 2.30. The predicted octanol–water partition coefficient (Wildman–Crippen LogP) is 3.16. The summed E-state index contributed by atoms with van der Waals surface area (Å²) in [6, 6.07) is 14.9. The summed E-state index contributed by atoms with van der Waals surface area (Å²) >= 11 is 0. The Morgan fingerprint density at radius 2 is 1.73 bits per heavy atom. The number of esters is 1. The Morgan fingerprint density at radius 3 is 2.48 bits per heavy atom. The molecule has 3 aromatic carbocycles. The van der Waals surface area contributed by atoms with Gasteiger partial charge in [-0.2, -0.15) is 4.72 Å². The van der Waals surface area contributed by atoms with Gasteiger partial charge in [-0.25, -0.2) is 22.0 Å². The van der Waals surface area contributed by atoms with Gasteiger partial charge in [0.05, 0.1) is 16.9 Å². The standard InChI is InChI=1S/C22H17F2N3O5S/c23-15-9-10-16(24)18(11-15)25-20(28)12-32-22(29)14-7-5-13(6-8-14)21-26-17-3-1-2-4-19(17)33(30,31)27-21/h1-11,21,26-27H,12H2,(H,25,28)/t21-/m1/s1. The zero-order valence-electron chi connectivity index (χ0n) is 16.8. The fourth-order valence-electron chi connectivity index (χ4n) is 3.18. The first kappa shape index (κ1) is 22.4. The van der Waals surface area contributed by atoms with Crippen molar-refractivity contribution >= 4 is 33.3 Å². The van der Waals surface area contributed by atoms with Crippen LogP contribution in [0.1, 0.15) is 22.1 Å². The molecule has 11 heteroatoms. The van der Waals surface area contributed by atoms with Gasteiger partial charge in [-0.15, -0.1) is 0 Å². The van der Waals surface area contributed by atoms with E-state index >= 15 is 0 Å². The van der Waals surface area contributed by atoms with E-state index in [1.807, 2.05) is 0 Å². The molecule has 1 aliphatic rings. The normalized spacial score (nSPS) is 16.2. The summed E-state index contributed by atoms with van der Waals surface area (Å²) < 4.78 is 59.1. The molecule has 0 radical (unpaired) electrons. The van der Waals surface area contributed by atoms with Crippen LogP contribution in [0.4, 0.5) is 20.2 Å². The summed E-state index contributed by atoms with van der Waals surface area (Å²) in [6.07, 6.45) is -0.748. The number of ether oxygens (including phenoxy) is 1. The molecule has 0 fully saturated rings. The summed E-state index contributed by atoms with van der Waals surface area (Å²) in [4.78, 5) is 24.2. The number of benzene rings is 3. The van der Waals surface area contributed by atoms with Crippen LogP contribution < -0.4 is 15.4 Å². The Labute approximate surface area is 187 Å². The minimum absolute atomic E-state index is 0.113. The van der Waals surface area contributed by atoms with Crippen molar-refractivity contribution in [3.63, 3.8) is 0 Å². The van der Waals surface area contributed by atoms with E-state index in [0.717, 1.165) is 18.2 Å². The van der Waals surface area contributed by atoms with Crippen LogP contribution in [-0.4, -0.2) is 26.9 Å². The van der Waals surface area contributed by atoms with Crippen molar-refractivity contribution in [1.29, 1.82) is 0 Å². The first-order valence-corrected chi connectivity index (χ1v) is 11.1. The van der Waals surface area contributed by atoms with Crippen LogP contribution in [0.3, 0.4) is 0 Å². The van der Waals surface area contributed by atoms with Crippen LogP contribution in [0.5, 0.6) is 0 Å². The summed E-state index contributed by atoms with van der Waals surface area (Å²) in [5.41, 5.74) is 0.737. The van der Waals surface area contributed by atoms with Crippen molar-refractivity contribution in [1.82, 2.24) is 4.72 Å². The Balaban J connectivity index is 1.38. The van der Waals surface area contributed by atoms with Gasteiger partial charge in [-0.3, -0.25) is 4.79 Å².